The highest BCUT2D eigenvalue weighted by molar-refractivity contribution is 7.09. The highest BCUT2D eigenvalue weighted by Gasteiger charge is 2.11. The average Bonchev–Trinajstić information content (AvgIpc) is 2.95. The van der Waals surface area contributed by atoms with Crippen molar-refractivity contribution in [2.75, 3.05) is 12.4 Å². The zero-order valence-corrected chi connectivity index (χ0v) is 13.7. The van der Waals surface area contributed by atoms with Gasteiger partial charge in [0.15, 0.2) is 0 Å². The van der Waals surface area contributed by atoms with Crippen LogP contribution in [0.15, 0.2) is 29.6 Å². The minimum Gasteiger partial charge on any atom is -0.355 e. The molecule has 0 fully saturated rings. The summed E-state index contributed by atoms with van der Waals surface area (Å²) < 4.78 is 0. The molecule has 0 bridgehead atoms. The Kier molecular flexibility index (Phi) is 5.27. The zero-order valence-electron chi connectivity index (χ0n) is 12.8. The molecule has 0 aliphatic rings. The summed E-state index contributed by atoms with van der Waals surface area (Å²) in [4.78, 5) is 28.1. The molecule has 22 heavy (non-hydrogen) atoms. The van der Waals surface area contributed by atoms with Crippen LogP contribution in [-0.4, -0.2) is 23.8 Å². The maximum Gasteiger partial charge on any atom is 0.251 e. The predicted octanol–water partition coefficient (Wildman–Crippen LogP) is 2.81. The third-order valence-corrected chi connectivity index (χ3v) is 4.23. The van der Waals surface area contributed by atoms with E-state index in [1.807, 2.05) is 5.38 Å². The van der Waals surface area contributed by atoms with Crippen molar-refractivity contribution in [3.8, 4) is 0 Å². The number of aromatic nitrogens is 1. The first-order valence-corrected chi connectivity index (χ1v) is 7.94. The number of anilines is 1. The number of hydrogen-bond donors (Lipinski definition) is 2. The van der Waals surface area contributed by atoms with E-state index in [4.69, 9.17) is 0 Å². The number of nitrogens with one attached hydrogen (secondary N) is 2. The second kappa shape index (κ2) is 7.17. The fraction of sp³-hybridized carbons (Fsp3) is 0.312. The van der Waals surface area contributed by atoms with Crippen LogP contribution in [0.1, 0.15) is 40.8 Å². The van der Waals surface area contributed by atoms with Gasteiger partial charge in [0.25, 0.3) is 5.91 Å². The molecular weight excluding hydrogens is 298 g/mol. The van der Waals surface area contributed by atoms with Crippen molar-refractivity contribution >= 4 is 28.8 Å². The lowest BCUT2D eigenvalue weighted by Crippen LogP contribution is -2.19. The third kappa shape index (κ3) is 4.14. The Morgan fingerprint density at radius 2 is 2.09 bits per heavy atom. The van der Waals surface area contributed by atoms with E-state index in [0.29, 0.717) is 17.2 Å². The van der Waals surface area contributed by atoms with Gasteiger partial charge in [0, 0.05) is 29.6 Å². The SMILES string of the molecule is CNC(=O)c1cccc(NC(=O)Cc2csc(C(C)C)n2)c1. The summed E-state index contributed by atoms with van der Waals surface area (Å²) in [6, 6.07) is 6.84. The van der Waals surface area contributed by atoms with Crippen molar-refractivity contribution in [3.05, 3.63) is 45.9 Å². The molecule has 0 radical (unpaired) electrons. The second-order valence-electron chi connectivity index (χ2n) is 5.22. The molecule has 2 amide bonds. The van der Waals surface area contributed by atoms with Gasteiger partial charge >= 0.3 is 0 Å². The summed E-state index contributed by atoms with van der Waals surface area (Å²) >= 11 is 1.57. The fourth-order valence-electron chi connectivity index (χ4n) is 1.92. The monoisotopic (exact) mass is 317 g/mol. The van der Waals surface area contributed by atoms with Crippen molar-refractivity contribution < 1.29 is 9.59 Å². The van der Waals surface area contributed by atoms with Gasteiger partial charge in [-0.25, -0.2) is 4.98 Å². The van der Waals surface area contributed by atoms with Crippen molar-refractivity contribution in [1.82, 2.24) is 10.3 Å². The van der Waals surface area contributed by atoms with Crippen LogP contribution in [0.5, 0.6) is 0 Å². The largest absolute Gasteiger partial charge is 0.355 e. The van der Waals surface area contributed by atoms with E-state index in [2.05, 4.69) is 29.5 Å². The highest BCUT2D eigenvalue weighted by Crippen LogP contribution is 2.19. The van der Waals surface area contributed by atoms with E-state index in [1.54, 1.807) is 42.6 Å². The Labute approximate surface area is 133 Å². The van der Waals surface area contributed by atoms with Crippen LogP contribution < -0.4 is 10.6 Å². The van der Waals surface area contributed by atoms with E-state index in [1.165, 1.54) is 0 Å². The predicted molar refractivity (Wildman–Crippen MR) is 88.4 cm³/mol. The number of thiazole rings is 1. The maximum atomic E-state index is 12.1. The van der Waals surface area contributed by atoms with Crippen molar-refractivity contribution in [3.63, 3.8) is 0 Å². The molecule has 0 aliphatic heterocycles. The lowest BCUT2D eigenvalue weighted by Gasteiger charge is -2.06. The van der Waals surface area contributed by atoms with E-state index in [9.17, 15) is 9.59 Å². The molecule has 2 rings (SSSR count). The van der Waals surface area contributed by atoms with Gasteiger partial charge < -0.3 is 10.6 Å². The van der Waals surface area contributed by atoms with Crippen molar-refractivity contribution in [2.24, 2.45) is 0 Å². The Morgan fingerprint density at radius 3 is 2.73 bits per heavy atom. The fourth-order valence-corrected chi connectivity index (χ4v) is 2.76. The number of carbonyl (C=O) groups is 2. The summed E-state index contributed by atoms with van der Waals surface area (Å²) in [6.07, 6.45) is 0.230. The summed E-state index contributed by atoms with van der Waals surface area (Å²) in [5.41, 5.74) is 1.88. The first kappa shape index (κ1) is 16.2. The molecule has 1 heterocycles. The molecular formula is C16H19N3O2S. The molecule has 5 nitrogen and oxygen atoms in total. The smallest absolute Gasteiger partial charge is 0.251 e. The third-order valence-electron chi connectivity index (χ3n) is 3.04. The van der Waals surface area contributed by atoms with Crippen LogP contribution in [0.25, 0.3) is 0 Å². The highest BCUT2D eigenvalue weighted by atomic mass is 32.1. The quantitative estimate of drug-likeness (QED) is 0.891. The molecule has 0 spiro atoms. The Hall–Kier alpha value is -2.21. The molecule has 6 heteroatoms. The number of carbonyl (C=O) groups excluding carboxylic acids is 2. The van der Waals surface area contributed by atoms with Gasteiger partial charge in [-0.15, -0.1) is 11.3 Å². The van der Waals surface area contributed by atoms with Crippen LogP contribution in [0.4, 0.5) is 5.69 Å². The second-order valence-corrected chi connectivity index (χ2v) is 6.11. The minimum atomic E-state index is -0.183. The molecule has 2 aromatic rings. The molecule has 0 saturated carbocycles. The van der Waals surface area contributed by atoms with Gasteiger partial charge in [-0.2, -0.15) is 0 Å². The van der Waals surface area contributed by atoms with Gasteiger partial charge in [0.1, 0.15) is 0 Å². The van der Waals surface area contributed by atoms with Gasteiger partial charge in [-0.05, 0) is 18.2 Å². The topological polar surface area (TPSA) is 71.1 Å². The molecule has 1 aromatic heterocycles. The Bertz CT molecular complexity index is 680. The lowest BCUT2D eigenvalue weighted by molar-refractivity contribution is -0.115. The first-order valence-electron chi connectivity index (χ1n) is 7.06. The maximum absolute atomic E-state index is 12.1. The van der Waals surface area contributed by atoms with Crippen LogP contribution in [-0.2, 0) is 11.2 Å². The van der Waals surface area contributed by atoms with E-state index in [0.717, 1.165) is 10.7 Å². The van der Waals surface area contributed by atoms with Crippen LogP contribution >= 0.6 is 11.3 Å². The molecule has 116 valence electrons. The molecule has 2 N–H and O–H groups in total. The summed E-state index contributed by atoms with van der Waals surface area (Å²) in [5, 5.41) is 8.29. The molecule has 0 saturated heterocycles. The number of nitrogens with zero attached hydrogens (tertiary/aromatic N) is 1. The van der Waals surface area contributed by atoms with Crippen LogP contribution in [0, 0.1) is 0 Å². The normalized spacial score (nSPS) is 10.5. The number of hydrogen-bond acceptors (Lipinski definition) is 4. The summed E-state index contributed by atoms with van der Waals surface area (Å²) in [7, 11) is 1.57. The number of rotatable bonds is 5. The number of benzene rings is 1. The number of amides is 2. The van der Waals surface area contributed by atoms with Gasteiger partial charge in [0.05, 0.1) is 17.1 Å². The lowest BCUT2D eigenvalue weighted by atomic mass is 10.2. The van der Waals surface area contributed by atoms with Crippen LogP contribution in [0.3, 0.4) is 0 Å². The van der Waals surface area contributed by atoms with Crippen molar-refractivity contribution in [2.45, 2.75) is 26.2 Å². The Balaban J connectivity index is 2.01. The van der Waals surface area contributed by atoms with Gasteiger partial charge in [0.2, 0.25) is 5.91 Å². The van der Waals surface area contributed by atoms with Gasteiger partial charge in [-0.3, -0.25) is 9.59 Å². The standard InChI is InChI=1S/C16H19N3O2S/c1-10(2)16-19-13(9-22-16)8-14(20)18-12-6-4-5-11(7-12)15(21)17-3/h4-7,9-10H,8H2,1-3H3,(H,17,21)(H,18,20). The molecule has 0 aliphatic carbocycles. The van der Waals surface area contributed by atoms with Gasteiger partial charge in [-0.1, -0.05) is 19.9 Å². The minimum absolute atomic E-state index is 0.144. The van der Waals surface area contributed by atoms with Crippen molar-refractivity contribution in [1.29, 1.82) is 0 Å². The summed E-state index contributed by atoms with van der Waals surface area (Å²) in [6.45, 7) is 4.15. The van der Waals surface area contributed by atoms with Crippen LogP contribution in [0.2, 0.25) is 0 Å². The van der Waals surface area contributed by atoms with E-state index >= 15 is 0 Å². The Morgan fingerprint density at radius 1 is 1.32 bits per heavy atom. The molecule has 0 unspecified atom stereocenters. The first-order chi connectivity index (χ1) is 10.5. The molecule has 1 aromatic carbocycles. The zero-order chi connectivity index (χ0) is 16.1. The summed E-state index contributed by atoms with van der Waals surface area (Å²) in [5.74, 6) is 0.0397. The molecule has 0 atom stereocenters. The van der Waals surface area contributed by atoms with E-state index in [-0.39, 0.29) is 18.2 Å². The van der Waals surface area contributed by atoms with E-state index < -0.39 is 0 Å². The average molecular weight is 317 g/mol.